The maximum atomic E-state index is 5.61. The van der Waals surface area contributed by atoms with Crippen molar-refractivity contribution in [1.82, 2.24) is 10.2 Å². The van der Waals surface area contributed by atoms with Crippen molar-refractivity contribution in [2.45, 2.75) is 39.5 Å². The van der Waals surface area contributed by atoms with E-state index in [1.165, 1.54) is 12.8 Å². The summed E-state index contributed by atoms with van der Waals surface area (Å²) in [5.41, 5.74) is 0.394. The van der Waals surface area contributed by atoms with Crippen LogP contribution in [0.25, 0.3) is 0 Å². The van der Waals surface area contributed by atoms with E-state index in [0.717, 1.165) is 71.4 Å². The van der Waals surface area contributed by atoms with Crippen LogP contribution in [0.2, 0.25) is 0 Å². The second kappa shape index (κ2) is 8.59. The number of nitrogens with zero attached hydrogens (tertiary/aromatic N) is 2. The Bertz CT molecular complexity index is 327. The molecule has 1 spiro atoms. The summed E-state index contributed by atoms with van der Waals surface area (Å²) in [7, 11) is 0. The summed E-state index contributed by atoms with van der Waals surface area (Å²) in [6.45, 7) is 11.7. The van der Waals surface area contributed by atoms with Crippen LogP contribution in [0.15, 0.2) is 4.99 Å². The van der Waals surface area contributed by atoms with Gasteiger partial charge in [-0.2, -0.15) is 0 Å². The number of aliphatic imine (C=N–C) groups is 1. The minimum atomic E-state index is 0.394. The molecule has 2 aliphatic rings. The quantitative estimate of drug-likeness (QED) is 0.443. The molecule has 2 fully saturated rings. The van der Waals surface area contributed by atoms with Crippen LogP contribution in [0, 0.1) is 5.41 Å². The Labute approximate surface area is 129 Å². The third kappa shape index (κ3) is 4.85. The van der Waals surface area contributed by atoms with Crippen molar-refractivity contribution in [3.05, 3.63) is 0 Å². The van der Waals surface area contributed by atoms with Gasteiger partial charge in [-0.05, 0) is 39.5 Å². The normalized spacial score (nSPS) is 26.0. The van der Waals surface area contributed by atoms with Gasteiger partial charge >= 0.3 is 0 Å². The molecule has 1 N–H and O–H groups in total. The molecular weight excluding hydrogens is 266 g/mol. The van der Waals surface area contributed by atoms with Gasteiger partial charge in [-0.15, -0.1) is 0 Å². The van der Waals surface area contributed by atoms with Gasteiger partial charge in [0.15, 0.2) is 5.96 Å². The lowest BCUT2D eigenvalue weighted by Crippen LogP contribution is -2.41. The highest BCUT2D eigenvalue weighted by molar-refractivity contribution is 5.80. The highest BCUT2D eigenvalue weighted by Gasteiger charge is 2.42. The Hall–Kier alpha value is -0.810. The molecule has 5 heteroatoms. The zero-order valence-corrected chi connectivity index (χ0v) is 13.7. The molecule has 2 aliphatic heterocycles. The van der Waals surface area contributed by atoms with E-state index in [0.29, 0.717) is 5.41 Å². The molecule has 122 valence electrons. The fourth-order valence-corrected chi connectivity index (χ4v) is 3.16. The van der Waals surface area contributed by atoms with Gasteiger partial charge in [0, 0.05) is 51.4 Å². The molecule has 0 radical (unpaired) electrons. The summed E-state index contributed by atoms with van der Waals surface area (Å²) in [5, 5.41) is 3.44. The van der Waals surface area contributed by atoms with E-state index in [-0.39, 0.29) is 0 Å². The lowest BCUT2D eigenvalue weighted by Gasteiger charge is -2.25. The van der Waals surface area contributed by atoms with Gasteiger partial charge in [0.1, 0.15) is 0 Å². The number of ether oxygens (including phenoxy) is 2. The average Bonchev–Trinajstić information content (AvgIpc) is 3.12. The Morgan fingerprint density at radius 1 is 1.33 bits per heavy atom. The standard InChI is InChI=1S/C16H31N3O2/c1-3-17-15(18-9-5-6-11-20-4-2)19-10-7-16(13-19)8-12-21-14-16/h3-14H2,1-2H3,(H,17,18). The third-order valence-corrected chi connectivity index (χ3v) is 4.42. The van der Waals surface area contributed by atoms with Gasteiger partial charge in [0.2, 0.25) is 0 Å². The van der Waals surface area contributed by atoms with E-state index in [2.05, 4.69) is 17.1 Å². The molecule has 0 aromatic heterocycles. The summed E-state index contributed by atoms with van der Waals surface area (Å²) in [4.78, 5) is 7.20. The fraction of sp³-hybridized carbons (Fsp3) is 0.938. The summed E-state index contributed by atoms with van der Waals surface area (Å²) >= 11 is 0. The van der Waals surface area contributed by atoms with Crippen LogP contribution in [0.3, 0.4) is 0 Å². The molecule has 2 rings (SSSR count). The first kappa shape index (κ1) is 16.6. The second-order valence-electron chi connectivity index (χ2n) is 6.11. The molecule has 2 saturated heterocycles. The van der Waals surface area contributed by atoms with E-state index in [4.69, 9.17) is 14.5 Å². The summed E-state index contributed by atoms with van der Waals surface area (Å²) < 4.78 is 11.0. The molecule has 2 heterocycles. The van der Waals surface area contributed by atoms with Gasteiger partial charge in [0.05, 0.1) is 6.61 Å². The first-order valence-electron chi connectivity index (χ1n) is 8.48. The van der Waals surface area contributed by atoms with Crippen molar-refractivity contribution in [3.63, 3.8) is 0 Å². The van der Waals surface area contributed by atoms with E-state index in [1.807, 2.05) is 6.92 Å². The van der Waals surface area contributed by atoms with E-state index < -0.39 is 0 Å². The topological polar surface area (TPSA) is 46.1 Å². The van der Waals surface area contributed by atoms with Crippen LogP contribution in [0.1, 0.15) is 39.5 Å². The number of unbranched alkanes of at least 4 members (excludes halogenated alkanes) is 1. The molecule has 0 aromatic rings. The first-order chi connectivity index (χ1) is 10.3. The second-order valence-corrected chi connectivity index (χ2v) is 6.11. The lowest BCUT2D eigenvalue weighted by atomic mass is 9.87. The number of hydrogen-bond acceptors (Lipinski definition) is 3. The fourth-order valence-electron chi connectivity index (χ4n) is 3.16. The Kier molecular flexibility index (Phi) is 6.77. The maximum absolute atomic E-state index is 5.61. The number of nitrogens with one attached hydrogen (secondary N) is 1. The molecule has 0 aliphatic carbocycles. The van der Waals surface area contributed by atoms with Crippen molar-refractivity contribution < 1.29 is 9.47 Å². The van der Waals surface area contributed by atoms with Gasteiger partial charge in [-0.25, -0.2) is 0 Å². The molecule has 5 nitrogen and oxygen atoms in total. The van der Waals surface area contributed by atoms with Gasteiger partial charge in [0.25, 0.3) is 0 Å². The van der Waals surface area contributed by atoms with Crippen LogP contribution in [0.5, 0.6) is 0 Å². The average molecular weight is 297 g/mol. The van der Waals surface area contributed by atoms with Crippen molar-refractivity contribution in [3.8, 4) is 0 Å². The van der Waals surface area contributed by atoms with Gasteiger partial charge in [-0.1, -0.05) is 0 Å². The van der Waals surface area contributed by atoms with Gasteiger partial charge in [-0.3, -0.25) is 4.99 Å². The van der Waals surface area contributed by atoms with Crippen LogP contribution >= 0.6 is 0 Å². The number of guanidine groups is 1. The molecule has 1 atom stereocenters. The SMILES string of the molecule is CCNC(=NCCCCOCC)N1CCC2(CCOC2)C1. The Balaban J connectivity index is 1.78. The van der Waals surface area contributed by atoms with Crippen LogP contribution in [-0.2, 0) is 9.47 Å². The van der Waals surface area contributed by atoms with Crippen LogP contribution < -0.4 is 5.32 Å². The molecule has 0 saturated carbocycles. The number of hydrogen-bond donors (Lipinski definition) is 1. The zero-order chi connectivity index (χ0) is 15.0. The lowest BCUT2D eigenvalue weighted by molar-refractivity contribution is 0.144. The molecule has 0 aromatic carbocycles. The first-order valence-corrected chi connectivity index (χ1v) is 8.48. The maximum Gasteiger partial charge on any atom is 0.193 e. The number of likely N-dealkylation sites (tertiary alicyclic amines) is 1. The predicted molar refractivity (Wildman–Crippen MR) is 85.8 cm³/mol. The molecule has 1 unspecified atom stereocenters. The van der Waals surface area contributed by atoms with E-state index >= 15 is 0 Å². The van der Waals surface area contributed by atoms with Crippen molar-refractivity contribution in [2.75, 3.05) is 52.6 Å². The molecule has 0 amide bonds. The summed E-state index contributed by atoms with van der Waals surface area (Å²) in [6.07, 6.45) is 4.63. The minimum Gasteiger partial charge on any atom is -0.382 e. The summed E-state index contributed by atoms with van der Waals surface area (Å²) in [6, 6.07) is 0. The molecule has 21 heavy (non-hydrogen) atoms. The summed E-state index contributed by atoms with van der Waals surface area (Å²) in [5.74, 6) is 1.08. The third-order valence-electron chi connectivity index (χ3n) is 4.42. The van der Waals surface area contributed by atoms with E-state index in [9.17, 15) is 0 Å². The predicted octanol–water partition coefficient (Wildman–Crippen LogP) is 1.88. The number of rotatable bonds is 7. The zero-order valence-electron chi connectivity index (χ0n) is 13.7. The highest BCUT2D eigenvalue weighted by Crippen LogP contribution is 2.38. The van der Waals surface area contributed by atoms with Crippen LogP contribution in [0.4, 0.5) is 0 Å². The smallest absolute Gasteiger partial charge is 0.193 e. The van der Waals surface area contributed by atoms with E-state index in [1.54, 1.807) is 0 Å². The van der Waals surface area contributed by atoms with Gasteiger partial charge < -0.3 is 19.7 Å². The largest absolute Gasteiger partial charge is 0.382 e. The van der Waals surface area contributed by atoms with Crippen LogP contribution in [-0.4, -0.2) is 63.5 Å². The monoisotopic (exact) mass is 297 g/mol. The minimum absolute atomic E-state index is 0.394. The van der Waals surface area contributed by atoms with Crippen molar-refractivity contribution in [1.29, 1.82) is 0 Å². The Morgan fingerprint density at radius 2 is 2.24 bits per heavy atom. The molecular formula is C16H31N3O2. The molecule has 0 bridgehead atoms. The highest BCUT2D eigenvalue weighted by atomic mass is 16.5. The van der Waals surface area contributed by atoms with Crippen molar-refractivity contribution in [2.24, 2.45) is 10.4 Å². The van der Waals surface area contributed by atoms with Crippen molar-refractivity contribution >= 4 is 5.96 Å². The Morgan fingerprint density at radius 3 is 2.95 bits per heavy atom.